The van der Waals surface area contributed by atoms with Crippen LogP contribution in [0.2, 0.25) is 0 Å². The number of hydrogen-bond acceptors (Lipinski definition) is 5. The van der Waals surface area contributed by atoms with Gasteiger partial charge in [0.05, 0.1) is 19.3 Å². The van der Waals surface area contributed by atoms with E-state index in [1.54, 1.807) is 7.11 Å². The number of rotatable bonds is 6. The third kappa shape index (κ3) is 4.35. The molecule has 8 heteroatoms. The predicted octanol–water partition coefficient (Wildman–Crippen LogP) is 0.254. The molecule has 1 aliphatic heterocycles. The van der Waals surface area contributed by atoms with Gasteiger partial charge in [-0.25, -0.2) is 12.7 Å². The summed E-state index contributed by atoms with van der Waals surface area (Å²) < 4.78 is 34.7. The number of fused-ring (bicyclic) bond motifs is 1. The Kier molecular flexibility index (Phi) is 5.48. The van der Waals surface area contributed by atoms with E-state index < -0.39 is 10.0 Å². The van der Waals surface area contributed by atoms with E-state index in [4.69, 9.17) is 9.47 Å². The summed E-state index contributed by atoms with van der Waals surface area (Å²) in [5.41, 5.74) is 0.934. The molecule has 0 spiro atoms. The highest BCUT2D eigenvalue weighted by Crippen LogP contribution is 2.35. The highest BCUT2D eigenvalue weighted by Gasteiger charge is 2.27. The maximum absolute atomic E-state index is 12.2. The molecule has 1 amide bonds. The SMILES string of the molecule is COc1cccc2c1OC[C@H](C(=O)NCCN(C)S(C)(=O)=O)C2. The third-order valence-electron chi connectivity index (χ3n) is 3.84. The summed E-state index contributed by atoms with van der Waals surface area (Å²) in [6.45, 7) is 0.785. The fourth-order valence-corrected chi connectivity index (χ4v) is 2.79. The van der Waals surface area contributed by atoms with Gasteiger partial charge in [0.15, 0.2) is 11.5 Å². The van der Waals surface area contributed by atoms with Gasteiger partial charge in [-0.1, -0.05) is 12.1 Å². The molecule has 0 saturated heterocycles. The Morgan fingerprint density at radius 1 is 1.48 bits per heavy atom. The normalized spacial score (nSPS) is 17.3. The number of carbonyl (C=O) groups excluding carboxylic acids is 1. The Hall–Kier alpha value is -1.80. The molecule has 7 nitrogen and oxygen atoms in total. The van der Waals surface area contributed by atoms with Crippen LogP contribution < -0.4 is 14.8 Å². The lowest BCUT2D eigenvalue weighted by Crippen LogP contribution is -2.41. The van der Waals surface area contributed by atoms with Gasteiger partial charge >= 0.3 is 0 Å². The molecule has 0 saturated carbocycles. The van der Waals surface area contributed by atoms with Gasteiger partial charge < -0.3 is 14.8 Å². The number of carbonyl (C=O) groups is 1. The van der Waals surface area contributed by atoms with Crippen LogP contribution in [0.1, 0.15) is 5.56 Å². The Labute approximate surface area is 136 Å². The quantitative estimate of drug-likeness (QED) is 0.801. The molecule has 1 heterocycles. The van der Waals surface area contributed by atoms with Crippen molar-refractivity contribution < 1.29 is 22.7 Å². The molecule has 23 heavy (non-hydrogen) atoms. The fraction of sp³-hybridized carbons (Fsp3) is 0.533. The molecule has 128 valence electrons. The van der Waals surface area contributed by atoms with Gasteiger partial charge in [-0.05, 0) is 18.1 Å². The van der Waals surface area contributed by atoms with E-state index in [0.717, 1.165) is 11.8 Å². The molecule has 0 bridgehead atoms. The standard InChI is InChI=1S/C15H22N2O5S/c1-17(23(3,19)20)8-7-16-15(18)12-9-11-5-4-6-13(21-2)14(11)22-10-12/h4-6,12H,7-10H2,1-3H3,(H,16,18)/t12-/m1/s1. The van der Waals surface area contributed by atoms with Crippen LogP contribution in [0.3, 0.4) is 0 Å². The van der Waals surface area contributed by atoms with Crippen molar-refractivity contribution in [3.8, 4) is 11.5 Å². The number of likely N-dealkylation sites (N-methyl/N-ethyl adjacent to an activating group) is 1. The number of methoxy groups -OCH3 is 1. The van der Waals surface area contributed by atoms with Crippen molar-refractivity contribution in [1.29, 1.82) is 0 Å². The van der Waals surface area contributed by atoms with Crippen LogP contribution in [-0.4, -0.2) is 58.7 Å². The van der Waals surface area contributed by atoms with Crippen LogP contribution in [0.4, 0.5) is 0 Å². The molecule has 0 radical (unpaired) electrons. The zero-order valence-corrected chi connectivity index (χ0v) is 14.4. The van der Waals surface area contributed by atoms with Crippen molar-refractivity contribution in [3.05, 3.63) is 23.8 Å². The monoisotopic (exact) mass is 342 g/mol. The molecule has 2 rings (SSSR count). The minimum Gasteiger partial charge on any atom is -0.493 e. The molecule has 1 atom stereocenters. The minimum atomic E-state index is -3.23. The van der Waals surface area contributed by atoms with Gasteiger partial charge in [-0.2, -0.15) is 0 Å². The topological polar surface area (TPSA) is 84.9 Å². The average Bonchev–Trinajstić information content (AvgIpc) is 2.52. The van der Waals surface area contributed by atoms with E-state index in [-0.39, 0.29) is 31.5 Å². The zero-order chi connectivity index (χ0) is 17.0. The van der Waals surface area contributed by atoms with Gasteiger partial charge in [-0.3, -0.25) is 4.79 Å². The van der Waals surface area contributed by atoms with Gasteiger partial charge in [0.1, 0.15) is 6.61 Å². The molecular weight excluding hydrogens is 320 g/mol. The summed E-state index contributed by atoms with van der Waals surface area (Å²) in [5.74, 6) is 0.922. The number of ether oxygens (including phenoxy) is 2. The lowest BCUT2D eigenvalue weighted by molar-refractivity contribution is -0.126. The highest BCUT2D eigenvalue weighted by atomic mass is 32.2. The van der Waals surface area contributed by atoms with Crippen molar-refractivity contribution in [1.82, 2.24) is 9.62 Å². The molecule has 1 aromatic rings. The van der Waals surface area contributed by atoms with Crippen molar-refractivity contribution in [3.63, 3.8) is 0 Å². The molecule has 1 N–H and O–H groups in total. The fourth-order valence-electron chi connectivity index (χ4n) is 2.37. The number of nitrogens with one attached hydrogen (secondary N) is 1. The van der Waals surface area contributed by atoms with E-state index in [1.807, 2.05) is 18.2 Å². The summed E-state index contributed by atoms with van der Waals surface area (Å²) in [7, 11) is -0.171. The van der Waals surface area contributed by atoms with Crippen LogP contribution in [0.5, 0.6) is 11.5 Å². The number of para-hydroxylation sites is 1. The molecule has 1 aromatic carbocycles. The summed E-state index contributed by atoms with van der Waals surface area (Å²) >= 11 is 0. The first-order valence-corrected chi connectivity index (χ1v) is 9.15. The third-order valence-corrected chi connectivity index (χ3v) is 5.15. The number of amides is 1. The van der Waals surface area contributed by atoms with Gasteiger partial charge in [0.2, 0.25) is 15.9 Å². The molecular formula is C15H22N2O5S. The predicted molar refractivity (Wildman–Crippen MR) is 86.2 cm³/mol. The van der Waals surface area contributed by atoms with E-state index in [2.05, 4.69) is 5.32 Å². The number of sulfonamides is 1. The largest absolute Gasteiger partial charge is 0.493 e. The Morgan fingerprint density at radius 2 is 2.22 bits per heavy atom. The average molecular weight is 342 g/mol. The van der Waals surface area contributed by atoms with Gasteiger partial charge in [0.25, 0.3) is 0 Å². The Bertz CT molecular complexity index is 674. The van der Waals surface area contributed by atoms with Crippen molar-refractivity contribution >= 4 is 15.9 Å². The van der Waals surface area contributed by atoms with Crippen LogP contribution in [-0.2, 0) is 21.2 Å². The van der Waals surface area contributed by atoms with E-state index in [0.29, 0.717) is 17.9 Å². The zero-order valence-electron chi connectivity index (χ0n) is 13.5. The molecule has 0 aromatic heterocycles. The molecule has 1 aliphatic rings. The summed E-state index contributed by atoms with van der Waals surface area (Å²) in [4.78, 5) is 12.2. The van der Waals surface area contributed by atoms with E-state index in [1.165, 1.54) is 11.4 Å². The van der Waals surface area contributed by atoms with Crippen molar-refractivity contribution in [2.24, 2.45) is 5.92 Å². The first kappa shape index (κ1) is 17.6. The van der Waals surface area contributed by atoms with Gasteiger partial charge in [0, 0.05) is 20.1 Å². The lowest BCUT2D eigenvalue weighted by atomic mass is 9.95. The molecule has 0 fully saturated rings. The van der Waals surface area contributed by atoms with Crippen LogP contribution in [0.15, 0.2) is 18.2 Å². The lowest BCUT2D eigenvalue weighted by Gasteiger charge is -2.26. The van der Waals surface area contributed by atoms with E-state index in [9.17, 15) is 13.2 Å². The maximum Gasteiger partial charge on any atom is 0.226 e. The first-order chi connectivity index (χ1) is 10.8. The van der Waals surface area contributed by atoms with Crippen LogP contribution in [0.25, 0.3) is 0 Å². The van der Waals surface area contributed by atoms with Crippen molar-refractivity contribution in [2.45, 2.75) is 6.42 Å². The minimum absolute atomic E-state index is 0.139. The summed E-state index contributed by atoms with van der Waals surface area (Å²) in [5, 5.41) is 2.76. The Morgan fingerprint density at radius 3 is 2.87 bits per heavy atom. The van der Waals surface area contributed by atoms with E-state index >= 15 is 0 Å². The second-order valence-corrected chi connectivity index (χ2v) is 7.63. The second kappa shape index (κ2) is 7.18. The maximum atomic E-state index is 12.2. The summed E-state index contributed by atoms with van der Waals surface area (Å²) in [6, 6.07) is 5.59. The Balaban J connectivity index is 1.90. The molecule has 0 unspecified atom stereocenters. The number of hydrogen-bond donors (Lipinski definition) is 1. The highest BCUT2D eigenvalue weighted by molar-refractivity contribution is 7.88. The number of nitrogens with zero attached hydrogens (tertiary/aromatic N) is 1. The van der Waals surface area contributed by atoms with Crippen LogP contribution in [0, 0.1) is 5.92 Å². The number of benzene rings is 1. The second-order valence-electron chi connectivity index (χ2n) is 5.54. The van der Waals surface area contributed by atoms with Gasteiger partial charge in [-0.15, -0.1) is 0 Å². The first-order valence-electron chi connectivity index (χ1n) is 7.30. The smallest absolute Gasteiger partial charge is 0.226 e. The van der Waals surface area contributed by atoms with Crippen LogP contribution >= 0.6 is 0 Å². The summed E-state index contributed by atoms with van der Waals surface area (Å²) in [6.07, 6.45) is 1.70. The van der Waals surface area contributed by atoms with Crippen molar-refractivity contribution in [2.75, 3.05) is 40.1 Å². The molecule has 0 aliphatic carbocycles.